The van der Waals surface area contributed by atoms with Crippen molar-refractivity contribution in [3.05, 3.63) is 90.0 Å². The maximum absolute atomic E-state index is 12.9. The monoisotopic (exact) mass is 443 g/mol. The Labute approximate surface area is 194 Å². The Hall–Kier alpha value is -3.64. The molecule has 0 bridgehead atoms. The summed E-state index contributed by atoms with van der Waals surface area (Å²) >= 11 is 0. The third-order valence-corrected chi connectivity index (χ3v) is 5.96. The van der Waals surface area contributed by atoms with Gasteiger partial charge >= 0.3 is 0 Å². The zero-order chi connectivity index (χ0) is 23.0. The van der Waals surface area contributed by atoms with Crippen LogP contribution >= 0.6 is 0 Å². The Bertz CT molecular complexity index is 1060. The number of ether oxygens (including phenoxy) is 1. The number of carbonyl (C=O) groups excluding carboxylic acids is 2. The first-order valence-corrected chi connectivity index (χ1v) is 11.2. The van der Waals surface area contributed by atoms with Gasteiger partial charge in [0.15, 0.2) is 0 Å². The van der Waals surface area contributed by atoms with Crippen molar-refractivity contribution in [3.8, 4) is 16.9 Å². The van der Waals surface area contributed by atoms with E-state index in [-0.39, 0.29) is 11.8 Å². The van der Waals surface area contributed by atoms with Crippen LogP contribution < -0.4 is 10.1 Å². The van der Waals surface area contributed by atoms with Crippen molar-refractivity contribution in [1.82, 2.24) is 15.1 Å². The molecular weight excluding hydrogens is 414 g/mol. The van der Waals surface area contributed by atoms with Crippen molar-refractivity contribution < 1.29 is 14.3 Å². The molecule has 0 spiro atoms. The van der Waals surface area contributed by atoms with E-state index in [0.717, 1.165) is 42.1 Å². The molecule has 1 aliphatic heterocycles. The van der Waals surface area contributed by atoms with E-state index in [0.29, 0.717) is 25.2 Å². The van der Waals surface area contributed by atoms with Crippen LogP contribution in [0.2, 0.25) is 0 Å². The number of methoxy groups -OCH3 is 1. The van der Waals surface area contributed by atoms with Crippen LogP contribution in [0, 0.1) is 0 Å². The minimum atomic E-state index is -0.0922. The molecule has 4 rings (SSSR count). The lowest BCUT2D eigenvalue weighted by atomic mass is 10.0. The van der Waals surface area contributed by atoms with E-state index in [2.05, 4.69) is 22.3 Å². The molecule has 6 nitrogen and oxygen atoms in total. The number of hydrogen-bond donors (Lipinski definition) is 1. The third-order valence-electron chi connectivity index (χ3n) is 5.96. The minimum Gasteiger partial charge on any atom is -0.497 e. The first-order chi connectivity index (χ1) is 16.1. The zero-order valence-electron chi connectivity index (χ0n) is 18.9. The maximum atomic E-state index is 12.9. The highest BCUT2D eigenvalue weighted by Crippen LogP contribution is 2.20. The molecule has 1 saturated heterocycles. The van der Waals surface area contributed by atoms with Gasteiger partial charge in [0.05, 0.1) is 7.11 Å². The van der Waals surface area contributed by atoms with E-state index in [9.17, 15) is 9.59 Å². The summed E-state index contributed by atoms with van der Waals surface area (Å²) in [5.41, 5.74) is 3.58. The van der Waals surface area contributed by atoms with Crippen LogP contribution in [0.3, 0.4) is 0 Å². The van der Waals surface area contributed by atoms with Gasteiger partial charge in [-0.25, -0.2) is 0 Å². The summed E-state index contributed by atoms with van der Waals surface area (Å²) in [5, 5.41) is 2.96. The van der Waals surface area contributed by atoms with Gasteiger partial charge in [0.2, 0.25) is 0 Å². The normalized spacial score (nSPS) is 14.0. The summed E-state index contributed by atoms with van der Waals surface area (Å²) in [7, 11) is 1.60. The van der Waals surface area contributed by atoms with E-state index >= 15 is 0 Å². The molecular formula is C27H29N3O3. The van der Waals surface area contributed by atoms with Crippen LogP contribution in [-0.4, -0.2) is 68.0 Å². The van der Waals surface area contributed by atoms with E-state index in [1.165, 1.54) is 0 Å². The van der Waals surface area contributed by atoms with Crippen molar-refractivity contribution in [2.45, 2.75) is 0 Å². The summed E-state index contributed by atoms with van der Waals surface area (Å²) in [6.45, 7) is 4.30. The third kappa shape index (κ3) is 5.79. The molecule has 0 aliphatic carbocycles. The van der Waals surface area contributed by atoms with Crippen LogP contribution in [0.15, 0.2) is 78.9 Å². The Morgan fingerprint density at radius 1 is 0.788 bits per heavy atom. The lowest BCUT2D eigenvalue weighted by Crippen LogP contribution is -2.50. The van der Waals surface area contributed by atoms with Gasteiger partial charge in [0, 0.05) is 50.4 Å². The standard InChI is InChI=1S/C27H29N3O3/c1-33-25-13-11-23(12-14-25)26(31)28-15-16-29-17-19-30(20-18-29)27(32)24-9-7-22(8-10-24)21-5-3-2-4-6-21/h2-14H,15-20H2,1H3,(H,28,31). The van der Waals surface area contributed by atoms with Crippen molar-refractivity contribution in [3.63, 3.8) is 0 Å². The summed E-state index contributed by atoms with van der Waals surface area (Å²) in [5.74, 6) is 0.707. The number of amides is 2. The Morgan fingerprint density at radius 3 is 2.03 bits per heavy atom. The first-order valence-electron chi connectivity index (χ1n) is 11.2. The van der Waals surface area contributed by atoms with Gasteiger partial charge in [0.1, 0.15) is 5.75 Å². The second-order valence-electron chi connectivity index (χ2n) is 8.06. The number of hydrogen-bond acceptors (Lipinski definition) is 4. The number of benzene rings is 3. The highest BCUT2D eigenvalue weighted by atomic mass is 16.5. The van der Waals surface area contributed by atoms with Crippen molar-refractivity contribution in [1.29, 1.82) is 0 Å². The Balaban J connectivity index is 1.21. The van der Waals surface area contributed by atoms with Crippen molar-refractivity contribution in [2.75, 3.05) is 46.4 Å². The Kier molecular flexibility index (Phi) is 7.37. The maximum Gasteiger partial charge on any atom is 0.253 e. The predicted molar refractivity (Wildman–Crippen MR) is 130 cm³/mol. The zero-order valence-corrected chi connectivity index (χ0v) is 18.9. The molecule has 3 aromatic rings. The summed E-state index contributed by atoms with van der Waals surface area (Å²) in [6.07, 6.45) is 0. The van der Waals surface area contributed by atoms with Gasteiger partial charge in [-0.1, -0.05) is 42.5 Å². The van der Waals surface area contributed by atoms with Crippen LogP contribution in [-0.2, 0) is 0 Å². The number of nitrogens with one attached hydrogen (secondary N) is 1. The molecule has 1 heterocycles. The predicted octanol–water partition coefficient (Wildman–Crippen LogP) is 3.55. The summed E-state index contributed by atoms with van der Waals surface area (Å²) < 4.78 is 5.12. The van der Waals surface area contributed by atoms with Gasteiger partial charge in [-0.3, -0.25) is 14.5 Å². The van der Waals surface area contributed by atoms with Gasteiger partial charge in [-0.2, -0.15) is 0 Å². The van der Waals surface area contributed by atoms with Gasteiger partial charge in [0.25, 0.3) is 11.8 Å². The lowest BCUT2D eigenvalue weighted by molar-refractivity contribution is 0.0638. The molecule has 0 saturated carbocycles. The summed E-state index contributed by atoms with van der Waals surface area (Å²) in [6, 6.07) is 25.0. The molecule has 3 aromatic carbocycles. The van der Waals surface area contributed by atoms with E-state index in [1.807, 2.05) is 47.4 Å². The summed E-state index contributed by atoms with van der Waals surface area (Å²) in [4.78, 5) is 29.4. The molecule has 1 aliphatic rings. The smallest absolute Gasteiger partial charge is 0.253 e. The number of piperazine rings is 1. The van der Waals surface area contributed by atoms with Gasteiger partial charge in [-0.05, 0) is 47.5 Å². The molecule has 0 radical (unpaired) electrons. The molecule has 1 N–H and O–H groups in total. The highest BCUT2D eigenvalue weighted by molar-refractivity contribution is 5.95. The number of carbonyl (C=O) groups is 2. The number of nitrogens with zero attached hydrogens (tertiary/aromatic N) is 2. The molecule has 6 heteroatoms. The molecule has 0 atom stereocenters. The minimum absolute atomic E-state index is 0.0714. The second kappa shape index (κ2) is 10.8. The average molecular weight is 444 g/mol. The number of rotatable bonds is 7. The second-order valence-corrected chi connectivity index (χ2v) is 8.06. The van der Waals surface area contributed by atoms with Crippen molar-refractivity contribution >= 4 is 11.8 Å². The van der Waals surface area contributed by atoms with Crippen LogP contribution in [0.25, 0.3) is 11.1 Å². The quantitative estimate of drug-likeness (QED) is 0.607. The van der Waals surface area contributed by atoms with Crippen LogP contribution in [0.4, 0.5) is 0 Å². The fourth-order valence-electron chi connectivity index (χ4n) is 3.97. The largest absolute Gasteiger partial charge is 0.497 e. The SMILES string of the molecule is COc1ccc(C(=O)NCCN2CCN(C(=O)c3ccc(-c4ccccc4)cc3)CC2)cc1. The van der Waals surface area contributed by atoms with E-state index < -0.39 is 0 Å². The fraction of sp³-hybridized carbons (Fsp3) is 0.259. The first kappa shape index (κ1) is 22.6. The highest BCUT2D eigenvalue weighted by Gasteiger charge is 2.22. The average Bonchev–Trinajstić information content (AvgIpc) is 2.89. The molecule has 1 fully saturated rings. The molecule has 2 amide bonds. The molecule has 170 valence electrons. The fourth-order valence-corrected chi connectivity index (χ4v) is 3.97. The Morgan fingerprint density at radius 2 is 1.39 bits per heavy atom. The van der Waals surface area contributed by atoms with E-state index in [4.69, 9.17) is 4.74 Å². The van der Waals surface area contributed by atoms with Gasteiger partial charge < -0.3 is 15.0 Å². The van der Waals surface area contributed by atoms with E-state index in [1.54, 1.807) is 31.4 Å². The van der Waals surface area contributed by atoms with Crippen LogP contribution in [0.1, 0.15) is 20.7 Å². The topological polar surface area (TPSA) is 61.9 Å². The van der Waals surface area contributed by atoms with Gasteiger partial charge in [-0.15, -0.1) is 0 Å². The molecule has 0 unspecified atom stereocenters. The van der Waals surface area contributed by atoms with Crippen molar-refractivity contribution in [2.24, 2.45) is 0 Å². The lowest BCUT2D eigenvalue weighted by Gasteiger charge is -2.34. The molecule has 0 aromatic heterocycles. The molecule has 33 heavy (non-hydrogen) atoms. The van der Waals surface area contributed by atoms with Crippen LogP contribution in [0.5, 0.6) is 5.75 Å².